The summed E-state index contributed by atoms with van der Waals surface area (Å²) in [6, 6.07) is 6.49. The van der Waals surface area contributed by atoms with Crippen LogP contribution in [0.1, 0.15) is 32.8 Å². The number of anilines is 1. The number of carbonyl (C=O) groups is 1. The largest absolute Gasteiger partial charge is 0.460 e. The van der Waals surface area contributed by atoms with E-state index in [2.05, 4.69) is 20.8 Å². The quantitative estimate of drug-likeness (QED) is 0.674. The second-order valence-electron chi connectivity index (χ2n) is 6.45. The van der Waals surface area contributed by atoms with E-state index in [9.17, 15) is 9.18 Å². The lowest BCUT2D eigenvalue weighted by Crippen LogP contribution is -2.27. The minimum absolute atomic E-state index is 0.338. The molecular formula is C19H19FN4O2. The Labute approximate surface area is 149 Å². The molecule has 1 amide bonds. The Balaban J connectivity index is 1.64. The van der Waals surface area contributed by atoms with Gasteiger partial charge in [0, 0.05) is 17.7 Å². The number of fused-ring (bicyclic) bond motifs is 1. The van der Waals surface area contributed by atoms with Gasteiger partial charge < -0.3 is 15.1 Å². The number of hydrogen-bond donors (Lipinski definition) is 3. The van der Waals surface area contributed by atoms with E-state index in [0.717, 1.165) is 29.0 Å². The molecule has 0 bridgehead atoms. The summed E-state index contributed by atoms with van der Waals surface area (Å²) < 4.78 is 19.5. The van der Waals surface area contributed by atoms with E-state index in [4.69, 9.17) is 4.42 Å². The van der Waals surface area contributed by atoms with Crippen molar-refractivity contribution in [3.05, 3.63) is 58.1 Å². The molecule has 3 heterocycles. The average molecular weight is 354 g/mol. The number of H-pyrrole nitrogens is 1. The van der Waals surface area contributed by atoms with Gasteiger partial charge >= 0.3 is 0 Å². The highest BCUT2D eigenvalue weighted by atomic mass is 19.1. The molecule has 1 aliphatic heterocycles. The zero-order valence-electron chi connectivity index (χ0n) is 14.6. The van der Waals surface area contributed by atoms with Gasteiger partial charge in [-0.2, -0.15) is 5.10 Å². The summed E-state index contributed by atoms with van der Waals surface area (Å²) in [6.07, 6.45) is 0.705. The number of nitrogens with one attached hydrogen (secondary N) is 3. The summed E-state index contributed by atoms with van der Waals surface area (Å²) >= 11 is 0. The first-order valence-corrected chi connectivity index (χ1v) is 8.48. The molecular weight excluding hydrogens is 335 g/mol. The summed E-state index contributed by atoms with van der Waals surface area (Å²) in [5.41, 5.74) is 3.52. The SMILES string of the molecule is Cc1ccc(-c2[nH]nc(NC(=O)c3cc(F)cc4c3CNCC4)c2C)o1. The number of halogens is 1. The monoisotopic (exact) mass is 354 g/mol. The summed E-state index contributed by atoms with van der Waals surface area (Å²) in [6.45, 7) is 5.03. The van der Waals surface area contributed by atoms with Crippen LogP contribution in [0.3, 0.4) is 0 Å². The highest BCUT2D eigenvalue weighted by molar-refractivity contribution is 6.05. The van der Waals surface area contributed by atoms with E-state index in [-0.39, 0.29) is 5.91 Å². The number of furan rings is 1. The van der Waals surface area contributed by atoms with Crippen molar-refractivity contribution < 1.29 is 13.6 Å². The molecule has 0 atom stereocenters. The molecule has 134 valence electrons. The predicted molar refractivity (Wildman–Crippen MR) is 95.5 cm³/mol. The summed E-state index contributed by atoms with van der Waals surface area (Å²) in [4.78, 5) is 12.8. The number of aromatic amines is 1. The molecule has 3 aromatic rings. The fourth-order valence-corrected chi connectivity index (χ4v) is 3.27. The Kier molecular flexibility index (Phi) is 4.08. The zero-order chi connectivity index (χ0) is 18.3. The van der Waals surface area contributed by atoms with Gasteiger partial charge in [-0.25, -0.2) is 4.39 Å². The Hall–Kier alpha value is -2.93. The molecule has 0 spiro atoms. The Morgan fingerprint density at radius 1 is 1.31 bits per heavy atom. The molecule has 0 radical (unpaired) electrons. The van der Waals surface area contributed by atoms with Crippen LogP contribution in [-0.4, -0.2) is 22.6 Å². The van der Waals surface area contributed by atoms with Crippen molar-refractivity contribution >= 4 is 11.7 Å². The number of carbonyl (C=O) groups excluding carboxylic acids is 1. The van der Waals surface area contributed by atoms with Gasteiger partial charge in [-0.3, -0.25) is 9.89 Å². The first kappa shape index (κ1) is 16.5. The highest BCUT2D eigenvalue weighted by Crippen LogP contribution is 2.28. The maximum atomic E-state index is 13.9. The number of aryl methyl sites for hydroxylation is 1. The van der Waals surface area contributed by atoms with Gasteiger partial charge in [-0.15, -0.1) is 0 Å². The van der Waals surface area contributed by atoms with Crippen LogP contribution in [0.25, 0.3) is 11.5 Å². The van der Waals surface area contributed by atoms with Crippen LogP contribution < -0.4 is 10.6 Å². The summed E-state index contributed by atoms with van der Waals surface area (Å²) in [5, 5.41) is 13.1. The topological polar surface area (TPSA) is 83.0 Å². The van der Waals surface area contributed by atoms with Gasteiger partial charge in [0.05, 0.1) is 0 Å². The van der Waals surface area contributed by atoms with Crippen LogP contribution in [0.4, 0.5) is 10.2 Å². The predicted octanol–water partition coefficient (Wildman–Crippen LogP) is 3.32. The molecule has 7 heteroatoms. The molecule has 0 saturated heterocycles. The number of amides is 1. The summed E-state index contributed by atoms with van der Waals surface area (Å²) in [5.74, 6) is 1.07. The van der Waals surface area contributed by atoms with E-state index in [1.54, 1.807) is 0 Å². The van der Waals surface area contributed by atoms with Crippen molar-refractivity contribution in [3.8, 4) is 11.5 Å². The number of benzene rings is 1. The second-order valence-corrected chi connectivity index (χ2v) is 6.45. The maximum absolute atomic E-state index is 13.9. The molecule has 3 N–H and O–H groups in total. The zero-order valence-corrected chi connectivity index (χ0v) is 14.6. The van der Waals surface area contributed by atoms with Crippen LogP contribution in [0.15, 0.2) is 28.7 Å². The van der Waals surface area contributed by atoms with Gasteiger partial charge in [0.25, 0.3) is 5.91 Å². The van der Waals surface area contributed by atoms with Crippen molar-refractivity contribution in [1.29, 1.82) is 0 Å². The molecule has 1 aliphatic rings. The minimum atomic E-state index is -0.402. The molecule has 0 aliphatic carbocycles. The smallest absolute Gasteiger partial charge is 0.257 e. The minimum Gasteiger partial charge on any atom is -0.460 e. The van der Waals surface area contributed by atoms with Crippen molar-refractivity contribution in [1.82, 2.24) is 15.5 Å². The third-order valence-electron chi connectivity index (χ3n) is 4.65. The lowest BCUT2D eigenvalue weighted by Gasteiger charge is -2.20. The van der Waals surface area contributed by atoms with Crippen molar-refractivity contribution in [3.63, 3.8) is 0 Å². The van der Waals surface area contributed by atoms with Crippen LogP contribution in [0.5, 0.6) is 0 Å². The lowest BCUT2D eigenvalue weighted by molar-refractivity contribution is 0.102. The Bertz CT molecular complexity index is 990. The molecule has 0 fully saturated rings. The van der Waals surface area contributed by atoms with Crippen LogP contribution in [-0.2, 0) is 13.0 Å². The van der Waals surface area contributed by atoms with Crippen molar-refractivity contribution in [2.24, 2.45) is 0 Å². The maximum Gasteiger partial charge on any atom is 0.257 e. The van der Waals surface area contributed by atoms with Gasteiger partial charge in [-0.1, -0.05) is 0 Å². The third-order valence-corrected chi connectivity index (χ3v) is 4.65. The van der Waals surface area contributed by atoms with Crippen molar-refractivity contribution in [2.75, 3.05) is 11.9 Å². The van der Waals surface area contributed by atoms with E-state index >= 15 is 0 Å². The Morgan fingerprint density at radius 3 is 2.92 bits per heavy atom. The van der Waals surface area contributed by atoms with Crippen LogP contribution in [0, 0.1) is 19.7 Å². The average Bonchev–Trinajstić information content (AvgIpc) is 3.20. The van der Waals surface area contributed by atoms with Gasteiger partial charge in [0.15, 0.2) is 11.6 Å². The van der Waals surface area contributed by atoms with E-state index in [1.807, 2.05) is 26.0 Å². The molecule has 1 aromatic carbocycles. The number of rotatable bonds is 3. The standard InChI is InChI=1S/C19H19FN4O2/c1-10-3-4-16(26-10)17-11(2)18(24-23-17)22-19(25)14-8-13(20)7-12-5-6-21-9-15(12)14/h3-4,7-8,21H,5-6,9H2,1-2H3,(H2,22,23,24,25). The molecule has 0 unspecified atom stereocenters. The van der Waals surface area contributed by atoms with E-state index < -0.39 is 5.82 Å². The molecule has 26 heavy (non-hydrogen) atoms. The molecule has 6 nitrogen and oxygen atoms in total. The fraction of sp³-hybridized carbons (Fsp3) is 0.263. The second kappa shape index (κ2) is 6.42. The normalized spacial score (nSPS) is 13.5. The number of aromatic nitrogens is 2. The summed E-state index contributed by atoms with van der Waals surface area (Å²) in [7, 11) is 0. The molecule has 2 aromatic heterocycles. The number of nitrogens with zero attached hydrogens (tertiary/aromatic N) is 1. The third kappa shape index (κ3) is 2.90. The molecule has 4 rings (SSSR count). The lowest BCUT2D eigenvalue weighted by atomic mass is 9.95. The Morgan fingerprint density at radius 2 is 2.15 bits per heavy atom. The fourth-order valence-electron chi connectivity index (χ4n) is 3.27. The van der Waals surface area contributed by atoms with Crippen LogP contribution in [0.2, 0.25) is 0 Å². The van der Waals surface area contributed by atoms with E-state index in [1.165, 1.54) is 12.1 Å². The highest BCUT2D eigenvalue weighted by Gasteiger charge is 2.21. The molecule has 0 saturated carbocycles. The van der Waals surface area contributed by atoms with Gasteiger partial charge in [0.2, 0.25) is 0 Å². The van der Waals surface area contributed by atoms with Gasteiger partial charge in [-0.05, 0) is 62.2 Å². The van der Waals surface area contributed by atoms with Crippen molar-refractivity contribution in [2.45, 2.75) is 26.8 Å². The van der Waals surface area contributed by atoms with E-state index in [0.29, 0.717) is 35.8 Å². The first-order valence-electron chi connectivity index (χ1n) is 8.48. The number of hydrogen-bond acceptors (Lipinski definition) is 4. The van der Waals surface area contributed by atoms with Crippen LogP contribution >= 0.6 is 0 Å². The first-order chi connectivity index (χ1) is 12.5. The van der Waals surface area contributed by atoms with Gasteiger partial charge in [0.1, 0.15) is 17.3 Å².